The van der Waals surface area contributed by atoms with Gasteiger partial charge in [-0.05, 0) is 25.0 Å². The number of hydrogen-bond donors (Lipinski definition) is 0. The van der Waals surface area contributed by atoms with Gasteiger partial charge in [0.15, 0.2) is 0 Å². The minimum atomic E-state index is -4.31. The van der Waals surface area contributed by atoms with Crippen LogP contribution >= 0.6 is 0 Å². The third kappa shape index (κ3) is 2.29. The van der Waals surface area contributed by atoms with Crippen molar-refractivity contribution in [1.29, 1.82) is 0 Å². The minimum Gasteiger partial charge on any atom is -0.744 e. The van der Waals surface area contributed by atoms with Gasteiger partial charge in [-0.3, -0.25) is 0 Å². The normalized spacial score (nSPS) is 11.6. The first-order valence-corrected chi connectivity index (χ1v) is 5.41. The predicted octanol–water partition coefficient (Wildman–Crippen LogP) is 1.46. The summed E-state index contributed by atoms with van der Waals surface area (Å²) in [7, 11) is -4.31. The summed E-state index contributed by atoms with van der Waals surface area (Å²) in [6.07, 6.45) is 0.554. The highest BCUT2D eigenvalue weighted by atomic mass is 32.2. The maximum absolute atomic E-state index is 10.8. The molecule has 0 fully saturated rings. The molecule has 0 aliphatic rings. The largest absolute Gasteiger partial charge is 0.744 e. The van der Waals surface area contributed by atoms with Crippen LogP contribution in [0.25, 0.3) is 0 Å². The second-order valence-electron chi connectivity index (χ2n) is 2.92. The summed E-state index contributed by atoms with van der Waals surface area (Å²) in [6, 6.07) is 4.73. The molecule has 0 radical (unpaired) electrons. The van der Waals surface area contributed by atoms with Crippen molar-refractivity contribution in [2.24, 2.45) is 0 Å². The molecule has 0 spiro atoms. The Kier molecular flexibility index (Phi) is 2.73. The van der Waals surface area contributed by atoms with Crippen LogP contribution < -0.4 is 0 Å². The van der Waals surface area contributed by atoms with E-state index < -0.39 is 10.1 Å². The van der Waals surface area contributed by atoms with Crippen LogP contribution in [-0.4, -0.2) is 13.0 Å². The smallest absolute Gasteiger partial charge is 0.124 e. The molecule has 1 aromatic carbocycles. The lowest BCUT2D eigenvalue weighted by Gasteiger charge is -2.12. The van der Waals surface area contributed by atoms with Crippen molar-refractivity contribution < 1.29 is 13.0 Å². The summed E-state index contributed by atoms with van der Waals surface area (Å²) >= 11 is 0. The molecule has 13 heavy (non-hydrogen) atoms. The number of rotatable bonds is 2. The Morgan fingerprint density at radius 1 is 1.38 bits per heavy atom. The summed E-state index contributed by atoms with van der Waals surface area (Å²) in [6.45, 7) is 3.68. The third-order valence-electron chi connectivity index (χ3n) is 1.87. The maximum atomic E-state index is 10.8. The van der Waals surface area contributed by atoms with Crippen LogP contribution in [0.15, 0.2) is 23.1 Å². The van der Waals surface area contributed by atoms with E-state index >= 15 is 0 Å². The van der Waals surface area contributed by atoms with Crippen molar-refractivity contribution in [2.45, 2.75) is 25.2 Å². The highest BCUT2D eigenvalue weighted by Gasteiger charge is 2.06. The molecule has 3 nitrogen and oxygen atoms in total. The minimum absolute atomic E-state index is 0.0967. The predicted molar refractivity (Wildman–Crippen MR) is 48.5 cm³/mol. The molecule has 0 saturated carbocycles. The Morgan fingerprint density at radius 2 is 2.00 bits per heavy atom. The zero-order valence-electron chi connectivity index (χ0n) is 7.57. The fourth-order valence-electron chi connectivity index (χ4n) is 1.23. The fraction of sp³-hybridized carbons (Fsp3) is 0.333. The van der Waals surface area contributed by atoms with E-state index in [1.54, 1.807) is 12.1 Å². The van der Waals surface area contributed by atoms with Crippen molar-refractivity contribution in [3.05, 3.63) is 29.3 Å². The maximum Gasteiger partial charge on any atom is 0.124 e. The lowest BCUT2D eigenvalue weighted by molar-refractivity contribution is 0.462. The second-order valence-corrected chi connectivity index (χ2v) is 4.27. The summed E-state index contributed by atoms with van der Waals surface area (Å²) in [4.78, 5) is -0.0967. The Hall–Kier alpha value is -0.870. The van der Waals surface area contributed by atoms with E-state index in [1.165, 1.54) is 6.07 Å². The van der Waals surface area contributed by atoms with E-state index in [0.29, 0.717) is 12.0 Å². The summed E-state index contributed by atoms with van der Waals surface area (Å²) in [5, 5.41) is 0. The summed E-state index contributed by atoms with van der Waals surface area (Å²) < 4.78 is 32.3. The highest BCUT2D eigenvalue weighted by Crippen LogP contribution is 2.17. The van der Waals surface area contributed by atoms with Gasteiger partial charge in [0.25, 0.3) is 0 Å². The monoisotopic (exact) mass is 199 g/mol. The van der Waals surface area contributed by atoms with Gasteiger partial charge in [0.05, 0.1) is 4.90 Å². The van der Waals surface area contributed by atoms with Gasteiger partial charge in [-0.1, -0.05) is 24.6 Å². The molecule has 0 aromatic heterocycles. The van der Waals surface area contributed by atoms with Crippen molar-refractivity contribution in [3.8, 4) is 0 Å². The van der Waals surface area contributed by atoms with Crippen LogP contribution in [0.1, 0.15) is 18.1 Å². The van der Waals surface area contributed by atoms with Crippen LogP contribution in [0.4, 0.5) is 0 Å². The first-order chi connectivity index (χ1) is 5.95. The number of hydrogen-bond acceptors (Lipinski definition) is 3. The number of benzene rings is 1. The first-order valence-electron chi connectivity index (χ1n) is 4.00. The molecule has 0 unspecified atom stereocenters. The standard InChI is InChI=1S/C9H12O3S/c1-3-8-6-7(2)4-5-9(8)13(10,11)12/h4-6H,3H2,1-2H3,(H,10,11,12)/p-1. The fourth-order valence-corrected chi connectivity index (χ4v) is 1.99. The summed E-state index contributed by atoms with van der Waals surface area (Å²) in [5.41, 5.74) is 1.55. The van der Waals surface area contributed by atoms with Crippen LogP contribution in [0.5, 0.6) is 0 Å². The first kappa shape index (κ1) is 10.2. The van der Waals surface area contributed by atoms with Crippen LogP contribution in [0.3, 0.4) is 0 Å². The molecular weight excluding hydrogens is 188 g/mol. The average Bonchev–Trinajstić information content (AvgIpc) is 2.01. The zero-order valence-corrected chi connectivity index (χ0v) is 8.39. The van der Waals surface area contributed by atoms with Gasteiger partial charge in [0.2, 0.25) is 0 Å². The van der Waals surface area contributed by atoms with Gasteiger partial charge in [0, 0.05) is 0 Å². The quantitative estimate of drug-likeness (QED) is 0.677. The molecule has 1 rings (SSSR count). The van der Waals surface area contributed by atoms with Crippen LogP contribution in [-0.2, 0) is 16.5 Å². The van der Waals surface area contributed by atoms with Gasteiger partial charge >= 0.3 is 0 Å². The van der Waals surface area contributed by atoms with E-state index in [-0.39, 0.29) is 4.90 Å². The lowest BCUT2D eigenvalue weighted by Crippen LogP contribution is -2.03. The van der Waals surface area contributed by atoms with Gasteiger partial charge in [-0.25, -0.2) is 8.42 Å². The molecule has 4 heteroatoms. The van der Waals surface area contributed by atoms with Crippen molar-refractivity contribution >= 4 is 10.1 Å². The van der Waals surface area contributed by atoms with Gasteiger partial charge in [0.1, 0.15) is 10.1 Å². The van der Waals surface area contributed by atoms with Crippen molar-refractivity contribution in [2.75, 3.05) is 0 Å². The SMILES string of the molecule is CCc1cc(C)ccc1S(=O)(=O)[O-]. The molecule has 72 valence electrons. The molecule has 0 bridgehead atoms. The Labute approximate surface area is 78.2 Å². The van der Waals surface area contributed by atoms with Crippen molar-refractivity contribution in [3.63, 3.8) is 0 Å². The topological polar surface area (TPSA) is 57.2 Å². The highest BCUT2D eigenvalue weighted by molar-refractivity contribution is 7.85. The summed E-state index contributed by atoms with van der Waals surface area (Å²) in [5.74, 6) is 0. The zero-order chi connectivity index (χ0) is 10.1. The molecule has 0 atom stereocenters. The Bertz CT molecular complexity index is 407. The molecular formula is C9H11O3S-. The Balaban J connectivity index is 3.39. The van der Waals surface area contributed by atoms with E-state index in [0.717, 1.165) is 5.56 Å². The molecule has 0 heterocycles. The lowest BCUT2D eigenvalue weighted by atomic mass is 10.1. The third-order valence-corrected chi connectivity index (χ3v) is 2.80. The van der Waals surface area contributed by atoms with Gasteiger partial charge < -0.3 is 4.55 Å². The van der Waals surface area contributed by atoms with Crippen molar-refractivity contribution in [1.82, 2.24) is 0 Å². The molecule has 0 amide bonds. The van der Waals surface area contributed by atoms with E-state index in [1.807, 2.05) is 13.8 Å². The Morgan fingerprint density at radius 3 is 2.46 bits per heavy atom. The molecule has 0 saturated heterocycles. The van der Waals surface area contributed by atoms with Crippen LogP contribution in [0, 0.1) is 6.92 Å². The average molecular weight is 199 g/mol. The van der Waals surface area contributed by atoms with E-state index in [2.05, 4.69) is 0 Å². The molecule has 1 aromatic rings. The van der Waals surface area contributed by atoms with Gasteiger partial charge in [-0.15, -0.1) is 0 Å². The van der Waals surface area contributed by atoms with E-state index in [9.17, 15) is 13.0 Å². The molecule has 0 aliphatic carbocycles. The second kappa shape index (κ2) is 3.47. The van der Waals surface area contributed by atoms with Crippen LogP contribution in [0.2, 0.25) is 0 Å². The molecule has 0 N–H and O–H groups in total. The van der Waals surface area contributed by atoms with E-state index in [4.69, 9.17) is 0 Å². The molecule has 0 aliphatic heterocycles. The van der Waals surface area contributed by atoms with Gasteiger partial charge in [-0.2, -0.15) is 0 Å². The number of aryl methyl sites for hydroxylation is 2.